The molecule has 0 unspecified atom stereocenters. The van der Waals surface area contributed by atoms with E-state index in [1.54, 1.807) is 0 Å². The summed E-state index contributed by atoms with van der Waals surface area (Å²) in [5, 5.41) is 0. The summed E-state index contributed by atoms with van der Waals surface area (Å²) in [6.07, 6.45) is 11.2. The highest BCUT2D eigenvalue weighted by molar-refractivity contribution is 5.79. The van der Waals surface area contributed by atoms with Gasteiger partial charge in [0, 0.05) is 44.6 Å². The second-order valence-corrected chi connectivity index (χ2v) is 8.70. The molecule has 0 aromatic rings. The third kappa shape index (κ3) is 3.41. The van der Waals surface area contributed by atoms with Crippen LogP contribution in [-0.2, 0) is 9.53 Å². The van der Waals surface area contributed by atoms with Crippen LogP contribution in [0.25, 0.3) is 0 Å². The number of ether oxygens (including phenoxy) is 1. The van der Waals surface area contributed by atoms with Gasteiger partial charge in [-0.2, -0.15) is 0 Å². The molecule has 0 bridgehead atoms. The fraction of sp³-hybridized carbons (Fsp3) is 0.850. The van der Waals surface area contributed by atoms with Crippen molar-refractivity contribution in [3.05, 3.63) is 12.2 Å². The van der Waals surface area contributed by atoms with Crippen molar-refractivity contribution in [2.24, 2.45) is 23.2 Å². The summed E-state index contributed by atoms with van der Waals surface area (Å²) in [5.74, 6) is 2.11. The fourth-order valence-corrected chi connectivity index (χ4v) is 5.01. The minimum absolute atomic E-state index is 0.225. The first-order valence-electron chi connectivity index (χ1n) is 9.86. The third-order valence-corrected chi connectivity index (χ3v) is 6.78. The van der Waals surface area contributed by atoms with Crippen LogP contribution >= 0.6 is 0 Å². The molecular formula is C20H32N2O2. The molecule has 1 atom stereocenters. The summed E-state index contributed by atoms with van der Waals surface area (Å²) in [6, 6.07) is 0. The highest BCUT2D eigenvalue weighted by Crippen LogP contribution is 2.45. The van der Waals surface area contributed by atoms with Crippen LogP contribution in [0.3, 0.4) is 0 Å². The number of nitrogens with zero attached hydrogens (tertiary/aromatic N) is 2. The van der Waals surface area contributed by atoms with Crippen molar-refractivity contribution in [1.29, 1.82) is 0 Å². The lowest BCUT2D eigenvalue weighted by atomic mass is 9.71. The summed E-state index contributed by atoms with van der Waals surface area (Å²) in [6.45, 7) is 6.12. The standard InChI is InChI=1S/C20H32N2O2/c1-21-12-18(14-24-13-16-6-7-16)20(15-21)8-10-22(11-9-20)19(23)17-4-2-3-5-17/h2-3,16-18H,4-15H2,1H3/t18-/m1/s1. The Morgan fingerprint density at radius 2 is 1.88 bits per heavy atom. The quantitative estimate of drug-likeness (QED) is 0.726. The highest BCUT2D eigenvalue weighted by Gasteiger charge is 2.47. The molecular weight excluding hydrogens is 300 g/mol. The Kier molecular flexibility index (Phi) is 4.70. The Hall–Kier alpha value is -0.870. The molecule has 1 amide bonds. The molecule has 2 aliphatic carbocycles. The van der Waals surface area contributed by atoms with Gasteiger partial charge < -0.3 is 14.5 Å². The van der Waals surface area contributed by atoms with E-state index in [9.17, 15) is 4.79 Å². The van der Waals surface area contributed by atoms with Crippen LogP contribution in [0.1, 0.15) is 38.5 Å². The molecule has 2 heterocycles. The van der Waals surface area contributed by atoms with Gasteiger partial charge in [-0.1, -0.05) is 12.2 Å². The molecule has 4 nitrogen and oxygen atoms in total. The first kappa shape index (κ1) is 16.6. The van der Waals surface area contributed by atoms with Gasteiger partial charge in [0.2, 0.25) is 5.91 Å². The average Bonchev–Trinajstić information content (AvgIpc) is 3.14. The Morgan fingerprint density at radius 3 is 2.54 bits per heavy atom. The third-order valence-electron chi connectivity index (χ3n) is 6.78. The first-order chi connectivity index (χ1) is 11.7. The van der Waals surface area contributed by atoms with Crippen LogP contribution in [0.15, 0.2) is 12.2 Å². The predicted octanol–water partition coefficient (Wildman–Crippen LogP) is 2.55. The number of allylic oxidation sites excluding steroid dienone is 2. The topological polar surface area (TPSA) is 32.8 Å². The number of piperidine rings is 1. The van der Waals surface area contributed by atoms with Gasteiger partial charge in [0.15, 0.2) is 0 Å². The van der Waals surface area contributed by atoms with E-state index >= 15 is 0 Å². The van der Waals surface area contributed by atoms with Crippen molar-refractivity contribution < 1.29 is 9.53 Å². The molecule has 0 N–H and O–H groups in total. The van der Waals surface area contributed by atoms with Crippen LogP contribution in [-0.4, -0.2) is 62.1 Å². The van der Waals surface area contributed by atoms with Gasteiger partial charge >= 0.3 is 0 Å². The number of hydrogen-bond acceptors (Lipinski definition) is 3. The van der Waals surface area contributed by atoms with E-state index in [1.165, 1.54) is 19.4 Å². The summed E-state index contributed by atoms with van der Waals surface area (Å²) < 4.78 is 6.06. The Bertz CT molecular complexity index is 484. The summed E-state index contributed by atoms with van der Waals surface area (Å²) in [4.78, 5) is 17.3. The second-order valence-electron chi connectivity index (χ2n) is 8.70. The average molecular weight is 332 g/mol. The number of carbonyl (C=O) groups excluding carboxylic acids is 1. The zero-order chi connectivity index (χ0) is 16.6. The molecule has 1 saturated carbocycles. The van der Waals surface area contributed by atoms with Crippen molar-refractivity contribution in [3.8, 4) is 0 Å². The minimum atomic E-state index is 0.225. The van der Waals surface area contributed by atoms with Gasteiger partial charge in [0.25, 0.3) is 0 Å². The monoisotopic (exact) mass is 332 g/mol. The van der Waals surface area contributed by atoms with Crippen molar-refractivity contribution in [3.63, 3.8) is 0 Å². The van der Waals surface area contributed by atoms with Crippen molar-refractivity contribution in [1.82, 2.24) is 9.80 Å². The molecule has 4 aliphatic rings. The van der Waals surface area contributed by atoms with E-state index in [2.05, 4.69) is 29.0 Å². The first-order valence-corrected chi connectivity index (χ1v) is 9.86. The van der Waals surface area contributed by atoms with Crippen LogP contribution in [0, 0.1) is 23.2 Å². The molecule has 2 saturated heterocycles. The normalized spacial score (nSPS) is 30.5. The Balaban J connectivity index is 1.32. The van der Waals surface area contributed by atoms with E-state index in [1.807, 2.05) is 0 Å². The van der Waals surface area contributed by atoms with Crippen LogP contribution in [0.4, 0.5) is 0 Å². The molecule has 1 spiro atoms. The number of hydrogen-bond donors (Lipinski definition) is 0. The van der Waals surface area contributed by atoms with E-state index in [4.69, 9.17) is 4.74 Å². The number of carbonyl (C=O) groups is 1. The van der Waals surface area contributed by atoms with Gasteiger partial charge in [0.1, 0.15) is 0 Å². The Labute approximate surface area is 146 Å². The van der Waals surface area contributed by atoms with E-state index < -0.39 is 0 Å². The molecule has 134 valence electrons. The lowest BCUT2D eigenvalue weighted by Gasteiger charge is -2.43. The smallest absolute Gasteiger partial charge is 0.226 e. The molecule has 3 fully saturated rings. The molecule has 4 rings (SSSR count). The molecule has 4 heteroatoms. The molecule has 0 aromatic heterocycles. The van der Waals surface area contributed by atoms with Crippen LogP contribution < -0.4 is 0 Å². The summed E-state index contributed by atoms with van der Waals surface area (Å²) in [7, 11) is 2.24. The van der Waals surface area contributed by atoms with Crippen LogP contribution in [0.5, 0.6) is 0 Å². The van der Waals surface area contributed by atoms with E-state index in [0.717, 1.165) is 64.4 Å². The van der Waals surface area contributed by atoms with Crippen molar-refractivity contribution in [2.45, 2.75) is 38.5 Å². The molecule has 0 radical (unpaired) electrons. The second kappa shape index (κ2) is 6.80. The summed E-state index contributed by atoms with van der Waals surface area (Å²) in [5.41, 5.74) is 0.378. The van der Waals surface area contributed by atoms with Gasteiger partial charge in [-0.15, -0.1) is 0 Å². The zero-order valence-corrected chi connectivity index (χ0v) is 15.1. The van der Waals surface area contributed by atoms with E-state index in [0.29, 0.717) is 17.2 Å². The van der Waals surface area contributed by atoms with Gasteiger partial charge in [-0.3, -0.25) is 4.79 Å². The maximum absolute atomic E-state index is 12.7. The number of amides is 1. The zero-order valence-electron chi connectivity index (χ0n) is 15.1. The SMILES string of the molecule is CN1C[C@H](COCC2CC2)C2(CCN(C(=O)C3CC=CC3)CC2)C1. The Morgan fingerprint density at radius 1 is 1.17 bits per heavy atom. The lowest BCUT2D eigenvalue weighted by Crippen LogP contribution is -2.48. The molecule has 2 aliphatic heterocycles. The van der Waals surface area contributed by atoms with Crippen LogP contribution in [0.2, 0.25) is 0 Å². The van der Waals surface area contributed by atoms with Gasteiger partial charge in [-0.25, -0.2) is 0 Å². The van der Waals surface area contributed by atoms with Gasteiger partial charge in [-0.05, 0) is 56.9 Å². The fourth-order valence-electron chi connectivity index (χ4n) is 5.01. The number of likely N-dealkylation sites (tertiary alicyclic amines) is 2. The predicted molar refractivity (Wildman–Crippen MR) is 94.6 cm³/mol. The number of rotatable bonds is 5. The van der Waals surface area contributed by atoms with Gasteiger partial charge in [0.05, 0.1) is 6.61 Å². The largest absolute Gasteiger partial charge is 0.381 e. The summed E-state index contributed by atoms with van der Waals surface area (Å²) >= 11 is 0. The van der Waals surface area contributed by atoms with Crippen molar-refractivity contribution >= 4 is 5.91 Å². The highest BCUT2D eigenvalue weighted by atomic mass is 16.5. The molecule has 24 heavy (non-hydrogen) atoms. The minimum Gasteiger partial charge on any atom is -0.381 e. The maximum Gasteiger partial charge on any atom is 0.226 e. The lowest BCUT2D eigenvalue weighted by molar-refractivity contribution is -0.138. The maximum atomic E-state index is 12.7. The van der Waals surface area contributed by atoms with E-state index in [-0.39, 0.29) is 5.92 Å². The van der Waals surface area contributed by atoms with Crippen molar-refractivity contribution in [2.75, 3.05) is 46.4 Å². The molecule has 0 aromatic carbocycles.